The minimum absolute atomic E-state index is 0.208. The Morgan fingerprint density at radius 3 is 2.63 bits per heavy atom. The van der Waals surface area contributed by atoms with Gasteiger partial charge in [-0.1, -0.05) is 35.6 Å². The third-order valence-corrected chi connectivity index (χ3v) is 5.86. The number of benzene rings is 3. The van der Waals surface area contributed by atoms with E-state index in [1.165, 1.54) is 23.5 Å². The first-order valence-corrected chi connectivity index (χ1v) is 10.3. The molecule has 0 atom stereocenters. The van der Waals surface area contributed by atoms with E-state index in [1.54, 1.807) is 30.3 Å². The zero-order valence-electron chi connectivity index (χ0n) is 15.8. The highest BCUT2D eigenvalue weighted by Gasteiger charge is 2.32. The number of carbonyl (C=O) groups is 1. The van der Waals surface area contributed by atoms with Gasteiger partial charge in [0.25, 0.3) is 0 Å². The standard InChI is InChI=1S/C23H17FN2O3S/c24-16-9-10-20-21(12-16)30-23(25-20)26-13-19(14-26)29-22(27)15-5-4-8-18(11-15)28-17-6-2-1-3-7-17/h1-12,19H,13-14H2. The fourth-order valence-electron chi connectivity index (χ4n) is 3.22. The molecule has 4 aromatic rings. The zero-order valence-corrected chi connectivity index (χ0v) is 16.6. The van der Waals surface area contributed by atoms with Crippen LogP contribution in [0.15, 0.2) is 72.8 Å². The summed E-state index contributed by atoms with van der Waals surface area (Å²) in [5.74, 6) is 0.622. The quantitative estimate of drug-likeness (QED) is 0.412. The summed E-state index contributed by atoms with van der Waals surface area (Å²) in [7, 11) is 0. The molecular weight excluding hydrogens is 403 g/mol. The van der Waals surface area contributed by atoms with Gasteiger partial charge in [0.2, 0.25) is 0 Å². The summed E-state index contributed by atoms with van der Waals surface area (Å²) in [5.41, 5.74) is 1.21. The van der Waals surface area contributed by atoms with Crippen LogP contribution < -0.4 is 9.64 Å². The van der Waals surface area contributed by atoms with Crippen molar-refractivity contribution in [2.24, 2.45) is 0 Å². The Balaban J connectivity index is 1.20. The first-order valence-electron chi connectivity index (χ1n) is 9.49. The van der Waals surface area contributed by atoms with Gasteiger partial charge in [0.15, 0.2) is 5.13 Å². The van der Waals surface area contributed by atoms with Crippen molar-refractivity contribution in [1.82, 2.24) is 4.98 Å². The molecule has 0 radical (unpaired) electrons. The molecule has 7 heteroatoms. The number of para-hydroxylation sites is 1. The van der Waals surface area contributed by atoms with Gasteiger partial charge in [0, 0.05) is 0 Å². The Morgan fingerprint density at radius 2 is 1.80 bits per heavy atom. The predicted molar refractivity (Wildman–Crippen MR) is 114 cm³/mol. The highest BCUT2D eigenvalue weighted by Crippen LogP contribution is 2.32. The maximum Gasteiger partial charge on any atom is 0.338 e. The van der Waals surface area contributed by atoms with E-state index in [-0.39, 0.29) is 17.9 Å². The molecule has 1 fully saturated rings. The molecule has 0 bridgehead atoms. The predicted octanol–water partition coefficient (Wildman–Crippen LogP) is 5.27. The molecule has 30 heavy (non-hydrogen) atoms. The summed E-state index contributed by atoms with van der Waals surface area (Å²) < 4.78 is 25.5. The molecule has 1 aliphatic rings. The van der Waals surface area contributed by atoms with E-state index in [0.29, 0.717) is 30.2 Å². The number of fused-ring (bicyclic) bond motifs is 1. The van der Waals surface area contributed by atoms with Crippen molar-refractivity contribution in [3.63, 3.8) is 0 Å². The van der Waals surface area contributed by atoms with E-state index in [9.17, 15) is 9.18 Å². The molecule has 1 aromatic heterocycles. The van der Waals surface area contributed by atoms with Gasteiger partial charge < -0.3 is 14.4 Å². The van der Waals surface area contributed by atoms with Crippen molar-refractivity contribution in [2.45, 2.75) is 6.10 Å². The second-order valence-corrected chi connectivity index (χ2v) is 7.99. The van der Waals surface area contributed by atoms with Crippen LogP contribution in [-0.2, 0) is 4.74 Å². The Morgan fingerprint density at radius 1 is 1.00 bits per heavy atom. The summed E-state index contributed by atoms with van der Waals surface area (Å²) in [4.78, 5) is 19.1. The molecule has 5 rings (SSSR count). The Labute approximate surface area is 176 Å². The van der Waals surface area contributed by atoms with E-state index in [2.05, 4.69) is 4.98 Å². The largest absolute Gasteiger partial charge is 0.457 e. The maximum atomic E-state index is 13.4. The number of esters is 1. The molecule has 5 nitrogen and oxygen atoms in total. The monoisotopic (exact) mass is 420 g/mol. The van der Waals surface area contributed by atoms with Gasteiger partial charge in [-0.2, -0.15) is 0 Å². The molecule has 0 unspecified atom stereocenters. The lowest BCUT2D eigenvalue weighted by Crippen LogP contribution is -2.53. The smallest absolute Gasteiger partial charge is 0.338 e. The Bertz CT molecular complexity index is 1210. The van der Waals surface area contributed by atoms with Crippen molar-refractivity contribution >= 4 is 32.7 Å². The number of hydrogen-bond acceptors (Lipinski definition) is 6. The highest BCUT2D eigenvalue weighted by molar-refractivity contribution is 7.22. The molecule has 0 saturated carbocycles. The van der Waals surface area contributed by atoms with Crippen LogP contribution in [0.4, 0.5) is 9.52 Å². The molecular formula is C23H17FN2O3S. The molecule has 1 saturated heterocycles. The topological polar surface area (TPSA) is 51.7 Å². The minimum atomic E-state index is -0.385. The summed E-state index contributed by atoms with van der Waals surface area (Å²) >= 11 is 1.43. The number of rotatable bonds is 5. The van der Waals surface area contributed by atoms with Gasteiger partial charge in [0.05, 0.1) is 28.9 Å². The molecule has 0 N–H and O–H groups in total. The number of thiazole rings is 1. The number of ether oxygens (including phenoxy) is 2. The molecule has 3 aromatic carbocycles. The molecule has 0 aliphatic carbocycles. The second-order valence-electron chi connectivity index (χ2n) is 6.98. The fourth-order valence-corrected chi connectivity index (χ4v) is 4.23. The van der Waals surface area contributed by atoms with E-state index in [4.69, 9.17) is 9.47 Å². The number of hydrogen-bond donors (Lipinski definition) is 0. The fraction of sp³-hybridized carbons (Fsp3) is 0.130. The third-order valence-electron chi connectivity index (χ3n) is 4.78. The number of halogens is 1. The van der Waals surface area contributed by atoms with Crippen LogP contribution in [0.25, 0.3) is 10.2 Å². The molecule has 2 heterocycles. The SMILES string of the molecule is O=C(OC1CN(c2nc3ccc(F)cc3s2)C1)c1cccc(Oc2ccccc2)c1. The molecule has 0 spiro atoms. The second kappa shape index (κ2) is 7.76. The average Bonchev–Trinajstić information content (AvgIpc) is 3.13. The van der Waals surface area contributed by atoms with Crippen molar-refractivity contribution in [2.75, 3.05) is 18.0 Å². The van der Waals surface area contributed by atoms with Crippen LogP contribution in [-0.4, -0.2) is 30.1 Å². The van der Waals surface area contributed by atoms with Crippen molar-refractivity contribution in [3.05, 3.63) is 84.2 Å². The molecule has 0 amide bonds. The number of anilines is 1. The van der Waals surface area contributed by atoms with Gasteiger partial charge in [-0.25, -0.2) is 14.2 Å². The van der Waals surface area contributed by atoms with E-state index in [1.807, 2.05) is 35.2 Å². The zero-order chi connectivity index (χ0) is 20.5. The van der Waals surface area contributed by atoms with Crippen LogP contribution in [0.1, 0.15) is 10.4 Å². The summed E-state index contributed by atoms with van der Waals surface area (Å²) in [5, 5.41) is 0.807. The van der Waals surface area contributed by atoms with E-state index < -0.39 is 0 Å². The Kier molecular flexibility index (Phi) is 4.80. The van der Waals surface area contributed by atoms with Gasteiger partial charge in [-0.05, 0) is 48.5 Å². The van der Waals surface area contributed by atoms with Crippen LogP contribution in [0.5, 0.6) is 11.5 Å². The van der Waals surface area contributed by atoms with Gasteiger partial charge in [-0.3, -0.25) is 0 Å². The third kappa shape index (κ3) is 3.84. The Hall–Kier alpha value is -3.45. The number of aromatic nitrogens is 1. The minimum Gasteiger partial charge on any atom is -0.457 e. The first-order chi connectivity index (χ1) is 14.6. The van der Waals surface area contributed by atoms with Crippen LogP contribution in [0.2, 0.25) is 0 Å². The van der Waals surface area contributed by atoms with E-state index >= 15 is 0 Å². The lowest BCUT2D eigenvalue weighted by molar-refractivity contribution is 0.0234. The van der Waals surface area contributed by atoms with Crippen molar-refractivity contribution < 1.29 is 18.7 Å². The van der Waals surface area contributed by atoms with Crippen LogP contribution in [0.3, 0.4) is 0 Å². The van der Waals surface area contributed by atoms with Crippen molar-refractivity contribution in [1.29, 1.82) is 0 Å². The van der Waals surface area contributed by atoms with Gasteiger partial charge in [-0.15, -0.1) is 0 Å². The average molecular weight is 420 g/mol. The number of nitrogens with zero attached hydrogens (tertiary/aromatic N) is 2. The first kappa shape index (κ1) is 18.6. The maximum absolute atomic E-state index is 13.4. The lowest BCUT2D eigenvalue weighted by atomic mass is 10.1. The summed E-state index contributed by atoms with van der Waals surface area (Å²) in [6.07, 6.45) is -0.208. The van der Waals surface area contributed by atoms with Crippen molar-refractivity contribution in [3.8, 4) is 11.5 Å². The highest BCUT2D eigenvalue weighted by atomic mass is 32.1. The lowest BCUT2D eigenvalue weighted by Gasteiger charge is -2.38. The molecule has 1 aliphatic heterocycles. The number of carbonyl (C=O) groups excluding carboxylic acids is 1. The summed E-state index contributed by atoms with van der Waals surface area (Å²) in [6.45, 7) is 1.13. The molecule has 150 valence electrons. The van der Waals surface area contributed by atoms with Gasteiger partial charge >= 0.3 is 5.97 Å². The normalized spacial score (nSPS) is 13.8. The van der Waals surface area contributed by atoms with Crippen LogP contribution in [0, 0.1) is 5.82 Å². The summed E-state index contributed by atoms with van der Waals surface area (Å²) in [6, 6.07) is 20.9. The van der Waals surface area contributed by atoms with Gasteiger partial charge in [0.1, 0.15) is 23.4 Å². The van der Waals surface area contributed by atoms with E-state index in [0.717, 1.165) is 15.3 Å². The van der Waals surface area contributed by atoms with Crippen LogP contribution >= 0.6 is 11.3 Å².